The lowest BCUT2D eigenvalue weighted by Gasteiger charge is -2.25. The molecule has 0 spiro atoms. The van der Waals surface area contributed by atoms with Crippen LogP contribution in [0.1, 0.15) is 18.9 Å². The van der Waals surface area contributed by atoms with Crippen LogP contribution in [-0.2, 0) is 4.79 Å². The molecule has 0 unspecified atom stereocenters. The first-order valence-electron chi connectivity index (χ1n) is 8.89. The number of tetrazole rings is 1. The number of nitrogens with zero attached hydrogens (tertiary/aromatic N) is 6. The summed E-state index contributed by atoms with van der Waals surface area (Å²) in [5, 5.41) is 11.3. The number of aromatic nitrogens is 5. The lowest BCUT2D eigenvalue weighted by atomic mass is 9.99. The van der Waals surface area contributed by atoms with Crippen LogP contribution in [0.4, 0.5) is 14.6 Å². The highest BCUT2D eigenvalue weighted by Crippen LogP contribution is 2.30. The quantitative estimate of drug-likeness (QED) is 0.727. The summed E-state index contributed by atoms with van der Waals surface area (Å²) in [6.07, 6.45) is 4.25. The fraction of sp³-hybridized carbons (Fsp3) is 0.211. The monoisotopic (exact) mass is 397 g/mol. The summed E-state index contributed by atoms with van der Waals surface area (Å²) < 4.78 is 29.0. The van der Waals surface area contributed by atoms with E-state index in [4.69, 9.17) is 5.73 Å². The van der Waals surface area contributed by atoms with Gasteiger partial charge in [0, 0.05) is 26.2 Å². The SMILES string of the molecule is CC(=O)N1CC=C(c2cnc(N)c(-c3nnnn3-c3cccc(F)c3F)c2)CC1. The summed E-state index contributed by atoms with van der Waals surface area (Å²) in [7, 11) is 0. The van der Waals surface area contributed by atoms with Crippen LogP contribution in [0.15, 0.2) is 36.5 Å². The standard InChI is InChI=1S/C19H17F2N7O/c1-11(29)27-7-5-12(6-8-27)13-9-14(18(22)23-10-13)19-24-25-26-28(19)16-4-2-3-15(20)17(16)21/h2-5,9-10H,6-8H2,1H3,(H2,22,23). The van der Waals surface area contributed by atoms with Crippen molar-refractivity contribution in [2.24, 2.45) is 0 Å². The van der Waals surface area contributed by atoms with E-state index >= 15 is 0 Å². The van der Waals surface area contributed by atoms with Gasteiger partial charge >= 0.3 is 0 Å². The van der Waals surface area contributed by atoms with Gasteiger partial charge in [-0.2, -0.15) is 4.68 Å². The number of halogens is 2. The van der Waals surface area contributed by atoms with Crippen LogP contribution < -0.4 is 5.73 Å². The molecule has 0 bridgehead atoms. The zero-order valence-electron chi connectivity index (χ0n) is 15.5. The minimum Gasteiger partial charge on any atom is -0.383 e. The lowest BCUT2D eigenvalue weighted by molar-refractivity contribution is -0.128. The summed E-state index contributed by atoms with van der Waals surface area (Å²) in [5.41, 5.74) is 8.09. The fourth-order valence-corrected chi connectivity index (χ4v) is 3.22. The predicted molar refractivity (Wildman–Crippen MR) is 102 cm³/mol. The number of hydrogen-bond donors (Lipinski definition) is 1. The van der Waals surface area contributed by atoms with Crippen molar-refractivity contribution in [3.05, 3.63) is 53.7 Å². The molecule has 0 fully saturated rings. The Labute approximate surface area is 164 Å². The van der Waals surface area contributed by atoms with E-state index in [0.29, 0.717) is 25.1 Å². The van der Waals surface area contributed by atoms with Crippen LogP contribution in [0, 0.1) is 11.6 Å². The van der Waals surface area contributed by atoms with Crippen LogP contribution in [0.5, 0.6) is 0 Å². The van der Waals surface area contributed by atoms with Crippen molar-refractivity contribution >= 4 is 17.3 Å². The highest BCUT2D eigenvalue weighted by Gasteiger charge is 2.21. The molecule has 2 N–H and O–H groups in total. The molecule has 8 nitrogen and oxygen atoms in total. The summed E-state index contributed by atoms with van der Waals surface area (Å²) in [4.78, 5) is 17.5. The number of carbonyl (C=O) groups is 1. The molecule has 0 saturated carbocycles. The van der Waals surface area contributed by atoms with Crippen molar-refractivity contribution in [3.63, 3.8) is 0 Å². The molecular weight excluding hydrogens is 380 g/mol. The minimum atomic E-state index is -1.07. The Bertz CT molecular complexity index is 1130. The number of hydrogen-bond acceptors (Lipinski definition) is 6. The van der Waals surface area contributed by atoms with Crippen molar-refractivity contribution in [3.8, 4) is 17.1 Å². The van der Waals surface area contributed by atoms with Crippen LogP contribution in [0.2, 0.25) is 0 Å². The van der Waals surface area contributed by atoms with Crippen LogP contribution in [0.3, 0.4) is 0 Å². The normalized spacial score (nSPS) is 14.0. The maximum Gasteiger partial charge on any atom is 0.219 e. The number of carbonyl (C=O) groups excluding carboxylic acids is 1. The Kier molecular flexibility index (Phi) is 4.75. The molecule has 3 heterocycles. The predicted octanol–water partition coefficient (Wildman–Crippen LogP) is 2.22. The fourth-order valence-electron chi connectivity index (χ4n) is 3.22. The molecule has 1 aliphatic rings. The van der Waals surface area contributed by atoms with Gasteiger partial charge in [-0.05, 0) is 46.2 Å². The molecule has 0 saturated heterocycles. The Hall–Kier alpha value is -3.69. The Balaban J connectivity index is 1.75. The van der Waals surface area contributed by atoms with Crippen molar-refractivity contribution in [1.29, 1.82) is 0 Å². The van der Waals surface area contributed by atoms with E-state index in [1.54, 1.807) is 17.2 Å². The van der Waals surface area contributed by atoms with E-state index in [1.807, 2.05) is 6.08 Å². The zero-order valence-corrected chi connectivity index (χ0v) is 15.5. The van der Waals surface area contributed by atoms with Gasteiger partial charge in [-0.15, -0.1) is 5.10 Å². The number of nitrogens with two attached hydrogens (primary N) is 1. The summed E-state index contributed by atoms with van der Waals surface area (Å²) in [5.74, 6) is -1.76. The summed E-state index contributed by atoms with van der Waals surface area (Å²) >= 11 is 0. The van der Waals surface area contributed by atoms with Crippen molar-refractivity contribution in [2.75, 3.05) is 18.8 Å². The van der Waals surface area contributed by atoms with E-state index < -0.39 is 11.6 Å². The average molecular weight is 397 g/mol. The molecule has 148 valence electrons. The molecule has 0 atom stereocenters. The minimum absolute atomic E-state index is 0.0210. The van der Waals surface area contributed by atoms with E-state index in [1.165, 1.54) is 19.1 Å². The number of rotatable bonds is 3. The van der Waals surface area contributed by atoms with Gasteiger partial charge < -0.3 is 10.6 Å². The third-order valence-electron chi connectivity index (χ3n) is 4.81. The van der Waals surface area contributed by atoms with Crippen molar-refractivity contribution in [2.45, 2.75) is 13.3 Å². The Morgan fingerprint density at radius 3 is 2.83 bits per heavy atom. The number of anilines is 1. The molecule has 2 aromatic heterocycles. The summed E-state index contributed by atoms with van der Waals surface area (Å²) in [6.45, 7) is 2.65. The molecule has 1 aromatic carbocycles. The highest BCUT2D eigenvalue weighted by atomic mass is 19.2. The molecule has 4 rings (SSSR count). The second-order valence-corrected chi connectivity index (χ2v) is 6.59. The molecule has 0 aliphatic carbocycles. The topological polar surface area (TPSA) is 103 Å². The molecule has 3 aromatic rings. The molecule has 10 heteroatoms. The average Bonchev–Trinajstić information content (AvgIpc) is 3.20. The maximum absolute atomic E-state index is 14.3. The Morgan fingerprint density at radius 2 is 2.10 bits per heavy atom. The van der Waals surface area contributed by atoms with Crippen molar-refractivity contribution in [1.82, 2.24) is 30.1 Å². The second kappa shape index (κ2) is 7.38. The van der Waals surface area contributed by atoms with E-state index in [0.717, 1.165) is 21.9 Å². The lowest BCUT2D eigenvalue weighted by Crippen LogP contribution is -2.32. The third kappa shape index (κ3) is 3.44. The number of nitrogen functional groups attached to an aromatic ring is 1. The maximum atomic E-state index is 14.3. The largest absolute Gasteiger partial charge is 0.383 e. The van der Waals surface area contributed by atoms with Gasteiger partial charge in [0.25, 0.3) is 0 Å². The number of pyridine rings is 1. The van der Waals surface area contributed by atoms with Crippen LogP contribution in [-0.4, -0.2) is 49.1 Å². The van der Waals surface area contributed by atoms with Crippen LogP contribution in [0.25, 0.3) is 22.6 Å². The van der Waals surface area contributed by atoms with Gasteiger partial charge in [-0.1, -0.05) is 12.1 Å². The van der Waals surface area contributed by atoms with Gasteiger partial charge in [0.2, 0.25) is 5.91 Å². The smallest absolute Gasteiger partial charge is 0.219 e. The second-order valence-electron chi connectivity index (χ2n) is 6.59. The first-order chi connectivity index (χ1) is 14.0. The Morgan fingerprint density at radius 1 is 1.28 bits per heavy atom. The van der Waals surface area contributed by atoms with E-state index in [-0.39, 0.29) is 23.2 Å². The first kappa shape index (κ1) is 18.7. The van der Waals surface area contributed by atoms with Gasteiger partial charge in [-0.3, -0.25) is 4.79 Å². The van der Waals surface area contributed by atoms with Crippen LogP contribution >= 0.6 is 0 Å². The van der Waals surface area contributed by atoms with Gasteiger partial charge in [0.05, 0.1) is 5.56 Å². The third-order valence-corrected chi connectivity index (χ3v) is 4.81. The van der Waals surface area contributed by atoms with Gasteiger partial charge in [0.1, 0.15) is 11.5 Å². The van der Waals surface area contributed by atoms with Crippen molar-refractivity contribution < 1.29 is 13.6 Å². The summed E-state index contributed by atoms with van der Waals surface area (Å²) in [6, 6.07) is 5.51. The first-order valence-corrected chi connectivity index (χ1v) is 8.89. The zero-order chi connectivity index (χ0) is 20.5. The highest BCUT2D eigenvalue weighted by molar-refractivity contribution is 5.78. The van der Waals surface area contributed by atoms with E-state index in [2.05, 4.69) is 20.5 Å². The number of benzene rings is 1. The number of amides is 1. The van der Waals surface area contributed by atoms with E-state index in [9.17, 15) is 13.6 Å². The van der Waals surface area contributed by atoms with Gasteiger partial charge in [-0.25, -0.2) is 13.8 Å². The van der Waals surface area contributed by atoms with Gasteiger partial charge in [0.15, 0.2) is 17.5 Å². The molecular formula is C19H17F2N7O. The molecule has 29 heavy (non-hydrogen) atoms. The molecule has 0 radical (unpaired) electrons. The molecule has 1 aliphatic heterocycles. The molecule has 1 amide bonds.